The zero-order valence-corrected chi connectivity index (χ0v) is 18.4. The molecule has 8 nitrogen and oxygen atoms in total. The summed E-state index contributed by atoms with van der Waals surface area (Å²) in [5.41, 5.74) is 6.85. The molecule has 174 valence electrons. The number of carbonyl (C=O) groups excluding carboxylic acids is 1. The Hall–Kier alpha value is -3.37. The molecule has 0 spiro atoms. The number of nitrogens with one attached hydrogen (secondary N) is 3. The molecule has 0 aliphatic rings. The second-order valence-electron chi connectivity index (χ2n) is 7.21. The number of benzene rings is 1. The lowest BCUT2D eigenvalue weighted by atomic mass is 10.0. The summed E-state index contributed by atoms with van der Waals surface area (Å²) in [6.07, 6.45) is 1.92. The van der Waals surface area contributed by atoms with Crippen LogP contribution in [0.15, 0.2) is 59.8 Å². The van der Waals surface area contributed by atoms with Gasteiger partial charge in [0.2, 0.25) is 0 Å². The van der Waals surface area contributed by atoms with Crippen molar-refractivity contribution in [2.75, 3.05) is 11.9 Å². The largest absolute Gasteiger partial charge is 0.349 e. The zero-order chi connectivity index (χ0) is 23.8. The third-order valence-electron chi connectivity index (χ3n) is 4.89. The van der Waals surface area contributed by atoms with Crippen molar-refractivity contribution in [1.29, 1.82) is 0 Å². The van der Waals surface area contributed by atoms with E-state index < -0.39 is 23.9 Å². The molecule has 1 unspecified atom stereocenters. The first-order valence-electron chi connectivity index (χ1n) is 10.2. The Morgan fingerprint density at radius 1 is 1.24 bits per heavy atom. The molecule has 3 aromatic rings. The van der Waals surface area contributed by atoms with E-state index in [9.17, 15) is 18.4 Å². The van der Waals surface area contributed by atoms with Crippen molar-refractivity contribution >= 4 is 23.3 Å². The van der Waals surface area contributed by atoms with Gasteiger partial charge >= 0.3 is 11.4 Å². The maximum atomic E-state index is 13.7. The van der Waals surface area contributed by atoms with Gasteiger partial charge in [-0.1, -0.05) is 23.7 Å². The number of hydrogen-bond acceptors (Lipinski definition) is 5. The number of nitrogens with two attached hydrogens (primary N) is 1. The predicted octanol–water partition coefficient (Wildman–Crippen LogP) is 1.95. The minimum Gasteiger partial charge on any atom is -0.349 e. The molecule has 0 aliphatic heterocycles. The molecule has 0 bridgehead atoms. The number of nitrogens with zero attached hydrogens (tertiary/aromatic N) is 2. The van der Waals surface area contributed by atoms with E-state index >= 15 is 0 Å². The maximum absolute atomic E-state index is 13.7. The predicted molar refractivity (Wildman–Crippen MR) is 120 cm³/mol. The minimum absolute atomic E-state index is 0.0696. The second kappa shape index (κ2) is 11.5. The van der Waals surface area contributed by atoms with Crippen LogP contribution >= 0.6 is 11.6 Å². The van der Waals surface area contributed by atoms with Gasteiger partial charge in [0.25, 0.3) is 12.3 Å². The van der Waals surface area contributed by atoms with Crippen LogP contribution in [-0.4, -0.2) is 28.8 Å². The molecule has 0 saturated heterocycles. The number of H-pyrrole nitrogens is 1. The Morgan fingerprint density at radius 2 is 2.06 bits per heavy atom. The number of alkyl halides is 2. The molecule has 33 heavy (non-hydrogen) atoms. The Morgan fingerprint density at radius 3 is 2.76 bits per heavy atom. The van der Waals surface area contributed by atoms with Crippen molar-refractivity contribution in [1.82, 2.24) is 15.3 Å². The lowest BCUT2D eigenvalue weighted by molar-refractivity contribution is -0.671. The summed E-state index contributed by atoms with van der Waals surface area (Å²) in [7, 11) is 0. The van der Waals surface area contributed by atoms with Crippen molar-refractivity contribution < 1.29 is 18.1 Å². The van der Waals surface area contributed by atoms with Crippen molar-refractivity contribution in [2.45, 2.75) is 32.0 Å². The Balaban J connectivity index is 1.76. The van der Waals surface area contributed by atoms with E-state index in [1.165, 1.54) is 29.2 Å². The van der Waals surface area contributed by atoms with Crippen LogP contribution in [0.3, 0.4) is 0 Å². The highest BCUT2D eigenvalue weighted by molar-refractivity contribution is 6.30. The molecular weight excluding hydrogens is 454 g/mol. The van der Waals surface area contributed by atoms with E-state index in [0.717, 1.165) is 11.1 Å². The summed E-state index contributed by atoms with van der Waals surface area (Å²) >= 11 is 6.06. The number of pyridine rings is 1. The number of aromatic nitrogens is 3. The van der Waals surface area contributed by atoms with E-state index in [1.807, 2.05) is 6.07 Å². The summed E-state index contributed by atoms with van der Waals surface area (Å²) in [6.45, 7) is 0.383. The van der Waals surface area contributed by atoms with Gasteiger partial charge in [-0.3, -0.25) is 19.9 Å². The van der Waals surface area contributed by atoms with Crippen LogP contribution in [0.1, 0.15) is 22.9 Å². The number of halogens is 3. The van der Waals surface area contributed by atoms with E-state index in [4.69, 9.17) is 17.3 Å². The molecule has 0 saturated carbocycles. The standard InChI is InChI=1S/C22H23ClF2N6O2/c23-16-5-4-14(6-7-26)15(11-16)12-29-18(32)13-31-10-9-28-22(33)21(31)30-19(20(24)25)17-3-1-2-8-27-17/h1-5,8-11,19-20H,6-7,12-13,26H2,(H2,28,29,32,33)/p+1. The fourth-order valence-corrected chi connectivity index (χ4v) is 3.49. The van der Waals surface area contributed by atoms with Crippen molar-refractivity contribution in [2.24, 2.45) is 5.73 Å². The third-order valence-corrected chi connectivity index (χ3v) is 5.13. The molecule has 11 heteroatoms. The SMILES string of the molecule is NCCc1ccc(Cl)cc1CNC(=O)C[n+]1cc[nH]c(=O)c1NC(c1ccccn1)C(F)F. The molecular formula is C22H24ClF2N6O2+. The number of amides is 1. The summed E-state index contributed by atoms with van der Waals surface area (Å²) < 4.78 is 28.7. The Bertz CT molecular complexity index is 1140. The topological polar surface area (TPSA) is 117 Å². The molecule has 5 N–H and O–H groups in total. The van der Waals surface area contributed by atoms with Crippen LogP contribution in [-0.2, 0) is 24.3 Å². The Kier molecular flexibility index (Phi) is 8.45. The lowest BCUT2D eigenvalue weighted by Crippen LogP contribution is -2.48. The van der Waals surface area contributed by atoms with Crippen LogP contribution in [0.5, 0.6) is 0 Å². The van der Waals surface area contributed by atoms with Gasteiger partial charge in [0.1, 0.15) is 6.20 Å². The number of rotatable bonds is 10. The van der Waals surface area contributed by atoms with Gasteiger partial charge in [-0.15, -0.1) is 0 Å². The highest BCUT2D eigenvalue weighted by atomic mass is 35.5. The van der Waals surface area contributed by atoms with Crippen LogP contribution in [0, 0.1) is 0 Å². The van der Waals surface area contributed by atoms with Crippen molar-refractivity contribution in [3.8, 4) is 0 Å². The van der Waals surface area contributed by atoms with Crippen molar-refractivity contribution in [3.05, 3.63) is 87.2 Å². The van der Waals surface area contributed by atoms with Gasteiger partial charge in [0.05, 0.1) is 5.69 Å². The van der Waals surface area contributed by atoms with Crippen LogP contribution < -0.4 is 26.5 Å². The van der Waals surface area contributed by atoms with Gasteiger partial charge < -0.3 is 16.0 Å². The third kappa shape index (κ3) is 6.56. The van der Waals surface area contributed by atoms with E-state index in [1.54, 1.807) is 24.3 Å². The number of aromatic amines is 1. The van der Waals surface area contributed by atoms with Crippen LogP contribution in [0.4, 0.5) is 14.6 Å². The van der Waals surface area contributed by atoms with Gasteiger partial charge in [-0.2, -0.15) is 0 Å². The summed E-state index contributed by atoms with van der Waals surface area (Å²) in [4.78, 5) is 31.4. The number of hydrogen-bond donors (Lipinski definition) is 4. The van der Waals surface area contributed by atoms with Gasteiger partial charge in [-0.05, 0) is 48.4 Å². The average Bonchev–Trinajstić information content (AvgIpc) is 2.79. The average molecular weight is 478 g/mol. The first kappa shape index (κ1) is 24.3. The monoisotopic (exact) mass is 477 g/mol. The molecule has 2 heterocycles. The van der Waals surface area contributed by atoms with Gasteiger partial charge in [0, 0.05) is 24.0 Å². The molecule has 0 aliphatic carbocycles. The fourth-order valence-electron chi connectivity index (χ4n) is 3.29. The Labute approximate surface area is 193 Å². The van der Waals surface area contributed by atoms with E-state index in [-0.39, 0.29) is 24.6 Å². The molecule has 1 aromatic carbocycles. The smallest absolute Gasteiger partial charge is 0.342 e. The number of anilines is 1. The van der Waals surface area contributed by atoms with Gasteiger partial charge in [-0.25, -0.2) is 13.3 Å². The zero-order valence-electron chi connectivity index (χ0n) is 17.6. The highest BCUT2D eigenvalue weighted by Gasteiger charge is 2.31. The molecule has 1 amide bonds. The second-order valence-corrected chi connectivity index (χ2v) is 7.64. The minimum atomic E-state index is -2.84. The first-order chi connectivity index (χ1) is 15.9. The quantitative estimate of drug-likeness (QED) is 0.333. The molecule has 2 aromatic heterocycles. The van der Waals surface area contributed by atoms with E-state index in [2.05, 4.69) is 20.6 Å². The maximum Gasteiger partial charge on any atom is 0.342 e. The summed E-state index contributed by atoms with van der Waals surface area (Å²) in [5, 5.41) is 5.84. The normalized spacial score (nSPS) is 11.9. The van der Waals surface area contributed by atoms with Crippen LogP contribution in [0.25, 0.3) is 0 Å². The lowest BCUT2D eigenvalue weighted by Gasteiger charge is -2.15. The molecule has 0 radical (unpaired) electrons. The molecule has 1 atom stereocenters. The number of carbonyl (C=O) groups is 1. The van der Waals surface area contributed by atoms with Crippen LogP contribution in [0.2, 0.25) is 5.02 Å². The fraction of sp³-hybridized carbons (Fsp3) is 0.273. The first-order valence-corrected chi connectivity index (χ1v) is 10.6. The summed E-state index contributed by atoms with van der Waals surface area (Å²) in [5.74, 6) is -0.603. The van der Waals surface area contributed by atoms with Gasteiger partial charge in [0.15, 0.2) is 12.6 Å². The highest BCUT2D eigenvalue weighted by Crippen LogP contribution is 2.21. The summed E-state index contributed by atoms with van der Waals surface area (Å²) in [6, 6.07) is 8.43. The van der Waals surface area contributed by atoms with E-state index in [0.29, 0.717) is 18.0 Å². The van der Waals surface area contributed by atoms with Crippen molar-refractivity contribution in [3.63, 3.8) is 0 Å². The molecule has 3 rings (SSSR count). The molecule has 0 fully saturated rings.